The minimum absolute atomic E-state index is 0.0893. The molecule has 0 aromatic heterocycles. The number of aliphatic hydroxyl groups is 1. The van der Waals surface area contributed by atoms with E-state index in [9.17, 15) is 14.7 Å². The molecule has 5 heteroatoms. The number of Topliss-reactive ketones (excluding diaryl/α,β-unsaturated/α-hetero) is 1. The van der Waals surface area contributed by atoms with Crippen LogP contribution in [0.3, 0.4) is 0 Å². The second kappa shape index (κ2) is 10.4. The number of aliphatic hydroxyl groups excluding tert-OH is 1. The fourth-order valence-electron chi connectivity index (χ4n) is 4.11. The maximum absolute atomic E-state index is 13.2. The van der Waals surface area contributed by atoms with Gasteiger partial charge in [-0.2, -0.15) is 0 Å². The number of carbonyl (C=O) groups excluding carboxylic acids is 2. The summed E-state index contributed by atoms with van der Waals surface area (Å²) >= 11 is 0. The first-order chi connectivity index (χ1) is 16.5. The zero-order chi connectivity index (χ0) is 24.1. The van der Waals surface area contributed by atoms with Crippen LogP contribution in [-0.2, 0) is 16.1 Å². The zero-order valence-electron chi connectivity index (χ0n) is 19.5. The molecular formula is C29H29NO4. The highest BCUT2D eigenvalue weighted by Crippen LogP contribution is 2.41. The summed E-state index contributed by atoms with van der Waals surface area (Å²) < 4.78 is 5.94. The van der Waals surface area contributed by atoms with Crippen molar-refractivity contribution in [1.82, 2.24) is 4.90 Å². The molecule has 3 aromatic rings. The number of nitrogens with zero attached hydrogens (tertiary/aromatic N) is 1. The van der Waals surface area contributed by atoms with Crippen LogP contribution in [0.25, 0.3) is 5.76 Å². The van der Waals surface area contributed by atoms with E-state index in [1.807, 2.05) is 60.7 Å². The molecule has 1 aliphatic rings. The average molecular weight is 456 g/mol. The van der Waals surface area contributed by atoms with E-state index in [0.717, 1.165) is 17.5 Å². The van der Waals surface area contributed by atoms with Crippen molar-refractivity contribution in [2.24, 2.45) is 5.92 Å². The molecule has 1 unspecified atom stereocenters. The van der Waals surface area contributed by atoms with E-state index in [2.05, 4.69) is 13.8 Å². The highest BCUT2D eigenvalue weighted by Gasteiger charge is 2.46. The number of ether oxygens (including phenoxy) is 1. The lowest BCUT2D eigenvalue weighted by Crippen LogP contribution is -2.29. The predicted molar refractivity (Wildman–Crippen MR) is 132 cm³/mol. The van der Waals surface area contributed by atoms with Gasteiger partial charge in [0.25, 0.3) is 11.7 Å². The summed E-state index contributed by atoms with van der Waals surface area (Å²) in [5.74, 6) is -0.299. The Balaban J connectivity index is 1.77. The molecule has 0 bridgehead atoms. The van der Waals surface area contributed by atoms with Crippen molar-refractivity contribution in [2.75, 3.05) is 6.61 Å². The van der Waals surface area contributed by atoms with Crippen molar-refractivity contribution >= 4 is 17.4 Å². The molecule has 0 spiro atoms. The number of hydrogen-bond acceptors (Lipinski definition) is 4. The summed E-state index contributed by atoms with van der Waals surface area (Å²) in [6, 6.07) is 25.1. The number of likely N-dealkylation sites (tertiary alicyclic amines) is 1. The lowest BCUT2D eigenvalue weighted by molar-refractivity contribution is -0.140. The SMILES string of the molecule is CC(C)CCOc1cccc(C2/C(=C(\O)c3ccccc3)C(=O)C(=O)N2Cc2ccccc2)c1. The third-order valence-electron chi connectivity index (χ3n) is 5.92. The molecule has 174 valence electrons. The third-order valence-corrected chi connectivity index (χ3v) is 5.92. The molecule has 3 aromatic carbocycles. The Labute approximate surface area is 200 Å². The molecule has 1 heterocycles. The molecule has 1 saturated heterocycles. The Hall–Kier alpha value is -3.86. The van der Waals surface area contributed by atoms with Gasteiger partial charge in [0.15, 0.2) is 0 Å². The maximum atomic E-state index is 13.2. The number of amides is 1. The lowest BCUT2D eigenvalue weighted by atomic mass is 9.95. The minimum atomic E-state index is -0.728. The molecule has 0 radical (unpaired) electrons. The maximum Gasteiger partial charge on any atom is 0.295 e. The molecule has 1 aliphatic heterocycles. The van der Waals surface area contributed by atoms with Crippen LogP contribution in [0.15, 0.2) is 90.5 Å². The van der Waals surface area contributed by atoms with E-state index in [0.29, 0.717) is 23.8 Å². The molecular weight excluding hydrogens is 426 g/mol. The highest BCUT2D eigenvalue weighted by atomic mass is 16.5. The van der Waals surface area contributed by atoms with Crippen LogP contribution in [-0.4, -0.2) is 28.3 Å². The first kappa shape index (κ1) is 23.3. The van der Waals surface area contributed by atoms with Gasteiger partial charge in [0.1, 0.15) is 11.5 Å². The van der Waals surface area contributed by atoms with Crippen molar-refractivity contribution in [3.8, 4) is 5.75 Å². The largest absolute Gasteiger partial charge is 0.507 e. The van der Waals surface area contributed by atoms with Crippen molar-refractivity contribution < 1.29 is 19.4 Å². The van der Waals surface area contributed by atoms with E-state index >= 15 is 0 Å². The van der Waals surface area contributed by atoms with Gasteiger partial charge in [0.2, 0.25) is 0 Å². The molecule has 1 fully saturated rings. The lowest BCUT2D eigenvalue weighted by Gasteiger charge is -2.26. The number of carbonyl (C=O) groups is 2. The van der Waals surface area contributed by atoms with Crippen LogP contribution < -0.4 is 4.74 Å². The summed E-state index contributed by atoms with van der Waals surface area (Å²) in [7, 11) is 0. The van der Waals surface area contributed by atoms with Crippen molar-refractivity contribution in [2.45, 2.75) is 32.9 Å². The standard InChI is InChI=1S/C29H29NO4/c1-20(2)16-17-34-24-15-9-14-23(18-24)26-25(27(31)22-12-7-4-8-13-22)28(32)29(33)30(26)19-21-10-5-3-6-11-21/h3-15,18,20,26,31H,16-17,19H2,1-2H3/b27-25+. The summed E-state index contributed by atoms with van der Waals surface area (Å²) in [5.41, 5.74) is 2.20. The molecule has 34 heavy (non-hydrogen) atoms. The first-order valence-corrected chi connectivity index (χ1v) is 11.6. The highest BCUT2D eigenvalue weighted by molar-refractivity contribution is 6.46. The van der Waals surface area contributed by atoms with Crippen LogP contribution in [0.4, 0.5) is 0 Å². The Kier molecular flexibility index (Phi) is 7.12. The molecule has 4 rings (SSSR count). The Morgan fingerprint density at radius 2 is 1.62 bits per heavy atom. The van der Waals surface area contributed by atoms with Gasteiger partial charge in [-0.05, 0) is 35.6 Å². The molecule has 1 N–H and O–H groups in total. The van der Waals surface area contributed by atoms with Gasteiger partial charge in [-0.15, -0.1) is 0 Å². The van der Waals surface area contributed by atoms with Crippen molar-refractivity contribution in [1.29, 1.82) is 0 Å². The average Bonchev–Trinajstić information content (AvgIpc) is 3.10. The van der Waals surface area contributed by atoms with Crippen LogP contribution >= 0.6 is 0 Å². The van der Waals surface area contributed by atoms with E-state index in [1.54, 1.807) is 24.3 Å². The summed E-state index contributed by atoms with van der Waals surface area (Å²) in [5, 5.41) is 11.1. The quantitative estimate of drug-likeness (QED) is 0.267. The predicted octanol–water partition coefficient (Wildman–Crippen LogP) is 5.73. The number of rotatable bonds is 8. The van der Waals surface area contributed by atoms with Crippen LogP contribution in [0.1, 0.15) is 43.0 Å². The monoisotopic (exact) mass is 455 g/mol. The van der Waals surface area contributed by atoms with Gasteiger partial charge >= 0.3 is 0 Å². The summed E-state index contributed by atoms with van der Waals surface area (Å²) in [6.07, 6.45) is 0.921. The van der Waals surface area contributed by atoms with Gasteiger partial charge in [-0.3, -0.25) is 9.59 Å². The van der Waals surface area contributed by atoms with Crippen molar-refractivity contribution in [3.63, 3.8) is 0 Å². The van der Waals surface area contributed by atoms with Crippen LogP contribution in [0.5, 0.6) is 5.75 Å². The smallest absolute Gasteiger partial charge is 0.295 e. The second-order valence-corrected chi connectivity index (χ2v) is 8.88. The fraction of sp³-hybridized carbons (Fsp3) is 0.241. The van der Waals surface area contributed by atoms with Gasteiger partial charge in [-0.25, -0.2) is 0 Å². The Morgan fingerprint density at radius 1 is 0.941 bits per heavy atom. The topological polar surface area (TPSA) is 66.8 Å². The number of hydrogen-bond donors (Lipinski definition) is 1. The van der Waals surface area contributed by atoms with Gasteiger partial charge in [-0.1, -0.05) is 86.6 Å². The molecule has 0 aliphatic carbocycles. The minimum Gasteiger partial charge on any atom is -0.507 e. The summed E-state index contributed by atoms with van der Waals surface area (Å²) in [4.78, 5) is 27.9. The number of benzene rings is 3. The van der Waals surface area contributed by atoms with Gasteiger partial charge < -0.3 is 14.7 Å². The van der Waals surface area contributed by atoms with Crippen molar-refractivity contribution in [3.05, 3.63) is 107 Å². The summed E-state index contributed by atoms with van der Waals surface area (Å²) in [6.45, 7) is 5.11. The van der Waals surface area contributed by atoms with E-state index in [-0.39, 0.29) is 17.9 Å². The van der Waals surface area contributed by atoms with E-state index in [4.69, 9.17) is 4.74 Å². The van der Waals surface area contributed by atoms with Gasteiger partial charge in [0, 0.05) is 12.1 Å². The second-order valence-electron chi connectivity index (χ2n) is 8.88. The van der Waals surface area contributed by atoms with Crippen LogP contribution in [0.2, 0.25) is 0 Å². The van der Waals surface area contributed by atoms with E-state index < -0.39 is 17.7 Å². The van der Waals surface area contributed by atoms with E-state index in [1.165, 1.54) is 4.90 Å². The molecule has 1 atom stereocenters. The molecule has 0 saturated carbocycles. The molecule has 5 nitrogen and oxygen atoms in total. The Bertz CT molecular complexity index is 1190. The van der Waals surface area contributed by atoms with Gasteiger partial charge in [0.05, 0.1) is 18.2 Å². The third kappa shape index (κ3) is 5.04. The zero-order valence-corrected chi connectivity index (χ0v) is 19.5. The normalized spacial score (nSPS) is 17.4. The number of ketones is 1. The Morgan fingerprint density at radius 3 is 2.29 bits per heavy atom. The first-order valence-electron chi connectivity index (χ1n) is 11.6. The fourth-order valence-corrected chi connectivity index (χ4v) is 4.11. The van der Waals surface area contributed by atoms with Crippen LogP contribution in [0, 0.1) is 5.92 Å². The molecule has 1 amide bonds.